The van der Waals surface area contributed by atoms with E-state index in [0.29, 0.717) is 18.4 Å². The van der Waals surface area contributed by atoms with Gasteiger partial charge in [0.1, 0.15) is 27.8 Å². The first-order chi connectivity index (χ1) is 16.4. The molecule has 4 rings (SSSR count). The summed E-state index contributed by atoms with van der Waals surface area (Å²) >= 11 is 0. The highest BCUT2D eigenvalue weighted by molar-refractivity contribution is 7.91. The maximum atomic E-state index is 13.5. The first-order valence-corrected chi connectivity index (χ1v) is 12.4. The zero-order valence-corrected chi connectivity index (χ0v) is 19.6. The monoisotopic (exact) mass is 513 g/mol. The van der Waals surface area contributed by atoms with E-state index >= 15 is 0 Å². The molecule has 0 saturated carbocycles. The molecule has 0 radical (unpaired) electrons. The average Bonchev–Trinajstić information content (AvgIpc) is 3.12. The first kappa shape index (κ1) is 24.7. The van der Waals surface area contributed by atoms with Gasteiger partial charge in [-0.05, 0) is 25.8 Å². The van der Waals surface area contributed by atoms with Crippen LogP contribution in [0.3, 0.4) is 0 Å². The third-order valence-electron chi connectivity index (χ3n) is 5.59. The number of aryl methyl sites for hydroxylation is 1. The number of ether oxygens (including phenoxy) is 2. The Morgan fingerprint density at radius 3 is 2.66 bits per heavy atom. The topological polar surface area (TPSA) is 125 Å². The number of amides is 1. The summed E-state index contributed by atoms with van der Waals surface area (Å²) in [5.74, 6) is -1.84. The maximum Gasteiger partial charge on any atom is 0.287 e. The number of alkyl halides is 2. The molecule has 35 heavy (non-hydrogen) atoms. The molecule has 0 spiro atoms. The van der Waals surface area contributed by atoms with Gasteiger partial charge in [0.25, 0.3) is 18.2 Å². The van der Waals surface area contributed by atoms with Crippen LogP contribution in [-0.4, -0.2) is 63.9 Å². The number of nitrogens with zero attached hydrogens (tertiary/aromatic N) is 4. The number of imidazole rings is 1. The Morgan fingerprint density at radius 2 is 1.97 bits per heavy atom. The summed E-state index contributed by atoms with van der Waals surface area (Å²) in [5.41, 5.74) is -0.0331. The Bertz CT molecular complexity index is 1370. The smallest absolute Gasteiger partial charge is 0.287 e. The quantitative estimate of drug-likeness (QED) is 0.511. The van der Waals surface area contributed by atoms with Crippen LogP contribution in [0.25, 0.3) is 11.2 Å². The van der Waals surface area contributed by atoms with Crippen molar-refractivity contribution in [1.29, 1.82) is 0 Å². The van der Waals surface area contributed by atoms with E-state index in [2.05, 4.69) is 20.3 Å². The number of carbonyl (C=O) groups excluding carboxylic acids is 1. The van der Waals surface area contributed by atoms with Crippen molar-refractivity contribution in [3.05, 3.63) is 36.0 Å². The predicted octanol–water partition coefficient (Wildman–Crippen LogP) is 2.64. The van der Waals surface area contributed by atoms with Crippen LogP contribution in [0.1, 0.15) is 30.4 Å². The Morgan fingerprint density at radius 1 is 1.26 bits per heavy atom. The van der Waals surface area contributed by atoms with E-state index in [9.17, 15) is 26.4 Å². The first-order valence-electron chi connectivity index (χ1n) is 10.6. The highest BCUT2D eigenvalue weighted by Crippen LogP contribution is 2.30. The number of sulfone groups is 1. The normalized spacial score (nSPS) is 16.9. The number of aromatic nitrogens is 4. The van der Waals surface area contributed by atoms with Gasteiger partial charge in [0, 0.05) is 24.7 Å². The lowest BCUT2D eigenvalue weighted by Crippen LogP contribution is -2.51. The lowest BCUT2D eigenvalue weighted by molar-refractivity contribution is 0.0801. The molecular weight excluding hydrogens is 491 g/mol. The molecule has 1 amide bonds. The van der Waals surface area contributed by atoms with Gasteiger partial charge in [0.05, 0.1) is 17.7 Å². The average molecular weight is 513 g/mol. The number of hydrogen-bond acceptors (Lipinski definition) is 8. The molecule has 0 aliphatic carbocycles. The fourth-order valence-electron chi connectivity index (χ4n) is 3.59. The number of fused-ring (bicyclic) bond motifs is 1. The summed E-state index contributed by atoms with van der Waals surface area (Å²) in [6, 6.07) is 3.83. The van der Waals surface area contributed by atoms with Gasteiger partial charge in [-0.25, -0.2) is 31.6 Å². The lowest BCUT2D eigenvalue weighted by Gasteiger charge is -2.34. The van der Waals surface area contributed by atoms with Gasteiger partial charge in [0.15, 0.2) is 11.4 Å². The van der Waals surface area contributed by atoms with E-state index in [1.54, 1.807) is 14.0 Å². The van der Waals surface area contributed by atoms with E-state index < -0.39 is 40.1 Å². The Kier molecular flexibility index (Phi) is 6.58. The van der Waals surface area contributed by atoms with Crippen molar-refractivity contribution >= 4 is 26.9 Å². The second kappa shape index (κ2) is 9.32. The Labute approximate surface area is 198 Å². The molecule has 1 aliphatic rings. The van der Waals surface area contributed by atoms with E-state index in [-0.39, 0.29) is 40.5 Å². The number of pyridine rings is 2. The Hall–Kier alpha value is -3.42. The van der Waals surface area contributed by atoms with Gasteiger partial charge in [-0.1, -0.05) is 0 Å². The molecule has 0 unspecified atom stereocenters. The summed E-state index contributed by atoms with van der Waals surface area (Å²) < 4.78 is 73.8. The number of rotatable bonds is 7. The van der Waals surface area contributed by atoms with Crippen LogP contribution in [0.15, 0.2) is 24.4 Å². The van der Waals surface area contributed by atoms with Crippen LogP contribution in [0, 0.1) is 5.82 Å². The molecule has 1 saturated heterocycles. The van der Waals surface area contributed by atoms with Crippen LogP contribution in [0.5, 0.6) is 17.5 Å². The van der Waals surface area contributed by atoms with Gasteiger partial charge in [-0.2, -0.15) is 4.98 Å². The van der Waals surface area contributed by atoms with E-state index in [0.717, 1.165) is 12.3 Å². The van der Waals surface area contributed by atoms with Gasteiger partial charge in [-0.3, -0.25) is 4.79 Å². The van der Waals surface area contributed by atoms with Crippen molar-refractivity contribution in [3.63, 3.8) is 0 Å². The molecule has 188 valence electrons. The van der Waals surface area contributed by atoms with E-state index in [4.69, 9.17) is 9.47 Å². The standard InChI is InChI=1S/C21H22F3N5O5S/c1-21(5-7-35(31,32)8-6-21)28-19(30)18-26-13-3-4-16(27-17(13)29(18)2)34-20-14(33-11-15(23)24)9-12(22)10-25-20/h3-4,9-10,15H,5-8,11H2,1-2H3,(H,28,30). The fourth-order valence-corrected chi connectivity index (χ4v) is 5.32. The zero-order valence-electron chi connectivity index (χ0n) is 18.8. The molecule has 3 aromatic heterocycles. The number of halogens is 3. The SMILES string of the molecule is Cn1c(C(=O)NC2(C)CCS(=O)(=O)CC2)nc2ccc(Oc3ncc(F)cc3OCC(F)F)nc21. The zero-order chi connectivity index (χ0) is 25.4. The van der Waals surface area contributed by atoms with E-state index in [1.165, 1.54) is 16.7 Å². The molecule has 0 bridgehead atoms. The van der Waals surface area contributed by atoms with Crippen molar-refractivity contribution in [2.24, 2.45) is 7.05 Å². The summed E-state index contributed by atoms with van der Waals surface area (Å²) in [6.45, 7) is 0.814. The summed E-state index contributed by atoms with van der Waals surface area (Å²) in [4.78, 5) is 25.3. The predicted molar refractivity (Wildman–Crippen MR) is 118 cm³/mol. The van der Waals surface area contributed by atoms with Crippen molar-refractivity contribution in [1.82, 2.24) is 24.8 Å². The minimum atomic E-state index is -3.10. The molecule has 0 atom stereocenters. The summed E-state index contributed by atoms with van der Waals surface area (Å²) in [7, 11) is -1.52. The van der Waals surface area contributed by atoms with Gasteiger partial charge in [0.2, 0.25) is 11.7 Å². The highest BCUT2D eigenvalue weighted by atomic mass is 32.2. The molecule has 1 N–H and O–H groups in total. The number of nitrogens with one attached hydrogen (secondary N) is 1. The van der Waals surface area contributed by atoms with E-state index in [1.807, 2.05) is 0 Å². The third kappa shape index (κ3) is 5.63. The molecule has 10 nitrogen and oxygen atoms in total. The van der Waals surface area contributed by atoms with Crippen LogP contribution >= 0.6 is 0 Å². The molecule has 0 aromatic carbocycles. The second-order valence-corrected chi connectivity index (χ2v) is 10.7. The molecular formula is C21H22F3N5O5S. The largest absolute Gasteiger partial charge is 0.482 e. The number of carbonyl (C=O) groups is 1. The molecule has 1 aliphatic heterocycles. The number of hydrogen-bond donors (Lipinski definition) is 1. The highest BCUT2D eigenvalue weighted by Gasteiger charge is 2.35. The molecule has 3 aromatic rings. The van der Waals surface area contributed by atoms with Crippen molar-refractivity contribution in [2.45, 2.75) is 31.7 Å². The van der Waals surface area contributed by atoms with Crippen LogP contribution < -0.4 is 14.8 Å². The van der Waals surface area contributed by atoms with Crippen molar-refractivity contribution < 1.29 is 35.9 Å². The molecule has 1 fully saturated rings. The van der Waals surface area contributed by atoms with Crippen molar-refractivity contribution in [3.8, 4) is 17.5 Å². The Balaban J connectivity index is 1.55. The fraction of sp³-hybridized carbons (Fsp3) is 0.429. The lowest BCUT2D eigenvalue weighted by atomic mass is 9.95. The second-order valence-electron chi connectivity index (χ2n) is 8.41. The van der Waals surface area contributed by atoms with Crippen molar-refractivity contribution in [2.75, 3.05) is 18.1 Å². The minimum absolute atomic E-state index is 0.00495. The summed E-state index contributed by atoms with van der Waals surface area (Å²) in [6.07, 6.45) is -1.35. The van der Waals surface area contributed by atoms with Gasteiger partial charge < -0.3 is 19.4 Å². The van der Waals surface area contributed by atoms with Gasteiger partial charge >= 0.3 is 0 Å². The molecule has 14 heteroatoms. The minimum Gasteiger partial charge on any atom is -0.482 e. The molecule has 4 heterocycles. The third-order valence-corrected chi connectivity index (χ3v) is 7.24. The summed E-state index contributed by atoms with van der Waals surface area (Å²) in [5, 5.41) is 2.87. The maximum absolute atomic E-state index is 13.5. The van der Waals surface area contributed by atoms with Crippen LogP contribution in [0.2, 0.25) is 0 Å². The van der Waals surface area contributed by atoms with Crippen LogP contribution in [0.4, 0.5) is 13.2 Å². The van der Waals surface area contributed by atoms with Gasteiger partial charge in [-0.15, -0.1) is 0 Å². The van der Waals surface area contributed by atoms with Crippen LogP contribution in [-0.2, 0) is 16.9 Å².